The highest BCUT2D eigenvalue weighted by Gasteiger charge is 2.25. The van der Waals surface area contributed by atoms with E-state index in [0.29, 0.717) is 12.8 Å². The lowest BCUT2D eigenvalue weighted by molar-refractivity contribution is 0.373. The van der Waals surface area contributed by atoms with Gasteiger partial charge in [-0.2, -0.15) is 0 Å². The maximum Gasteiger partial charge on any atom is 0.246 e. The van der Waals surface area contributed by atoms with Crippen molar-refractivity contribution in [1.29, 1.82) is 0 Å². The summed E-state index contributed by atoms with van der Waals surface area (Å²) >= 11 is 0. The Hall–Kier alpha value is -1.18. The second-order valence-corrected chi connectivity index (χ2v) is 6.29. The van der Waals surface area contributed by atoms with Gasteiger partial charge in [0.1, 0.15) is 4.90 Å². The maximum absolute atomic E-state index is 12.0. The highest BCUT2D eigenvalue weighted by molar-refractivity contribution is 7.89. The third-order valence-corrected chi connectivity index (χ3v) is 4.71. The highest BCUT2D eigenvalue weighted by atomic mass is 32.2. The molecule has 1 fully saturated rings. The summed E-state index contributed by atoms with van der Waals surface area (Å²) in [6.45, 7) is 0. The van der Waals surface area contributed by atoms with Gasteiger partial charge in [-0.25, -0.2) is 13.1 Å². The predicted molar refractivity (Wildman–Crippen MR) is 67.6 cm³/mol. The molecule has 0 saturated heterocycles. The summed E-state index contributed by atoms with van der Waals surface area (Å²) in [5, 5.41) is 0. The molecule has 1 heterocycles. The van der Waals surface area contributed by atoms with Crippen LogP contribution in [0.5, 0.6) is 0 Å². The van der Waals surface area contributed by atoms with E-state index in [-0.39, 0.29) is 17.0 Å². The summed E-state index contributed by atoms with van der Waals surface area (Å²) in [7, 11) is -3.74. The van der Waals surface area contributed by atoms with E-state index in [4.69, 9.17) is 5.73 Å². The molecular weight excluding hydrogens is 254 g/mol. The molecule has 18 heavy (non-hydrogen) atoms. The van der Waals surface area contributed by atoms with Crippen LogP contribution in [0.25, 0.3) is 0 Å². The number of pyridine rings is 1. The minimum Gasteiger partial charge on any atom is -0.366 e. The first kappa shape index (κ1) is 13.3. The van der Waals surface area contributed by atoms with Gasteiger partial charge in [0, 0.05) is 30.5 Å². The molecule has 0 aromatic carbocycles. The smallest absolute Gasteiger partial charge is 0.246 e. The summed E-state index contributed by atoms with van der Waals surface area (Å²) in [6, 6.07) is 1.23. The number of H-pyrrole nitrogens is 1. The largest absolute Gasteiger partial charge is 0.366 e. The molecule has 0 unspecified atom stereocenters. The van der Waals surface area contributed by atoms with Crippen molar-refractivity contribution in [3.05, 3.63) is 28.7 Å². The Morgan fingerprint density at radius 1 is 1.28 bits per heavy atom. The van der Waals surface area contributed by atoms with Crippen LogP contribution in [-0.4, -0.2) is 25.5 Å². The van der Waals surface area contributed by atoms with Crippen LogP contribution in [0, 0.1) is 0 Å². The van der Waals surface area contributed by atoms with Gasteiger partial charge in [0.05, 0.1) is 0 Å². The van der Waals surface area contributed by atoms with Crippen LogP contribution in [-0.2, 0) is 10.0 Å². The normalized spacial score (nSPS) is 24.9. The van der Waals surface area contributed by atoms with Crippen LogP contribution in [0.2, 0.25) is 0 Å². The van der Waals surface area contributed by atoms with E-state index in [2.05, 4.69) is 9.71 Å². The first-order valence-corrected chi connectivity index (χ1v) is 7.42. The SMILES string of the molecule is NC1CCC(NS(=O)(=O)c2c[nH]ccc2=O)CC1. The Kier molecular flexibility index (Phi) is 3.84. The second-order valence-electron chi connectivity index (χ2n) is 4.61. The number of aromatic amines is 1. The van der Waals surface area contributed by atoms with Gasteiger partial charge in [0.15, 0.2) is 0 Å². The van der Waals surface area contributed by atoms with Crippen molar-refractivity contribution >= 4 is 10.0 Å². The lowest BCUT2D eigenvalue weighted by atomic mass is 9.93. The fourth-order valence-corrected chi connectivity index (χ4v) is 3.49. The maximum atomic E-state index is 12.0. The zero-order valence-corrected chi connectivity index (χ0v) is 10.7. The third kappa shape index (κ3) is 2.98. The molecule has 1 aliphatic rings. The van der Waals surface area contributed by atoms with Crippen molar-refractivity contribution in [2.75, 3.05) is 0 Å². The van der Waals surface area contributed by atoms with Crippen LogP contribution in [0.1, 0.15) is 25.7 Å². The van der Waals surface area contributed by atoms with E-state index in [1.165, 1.54) is 18.5 Å². The van der Waals surface area contributed by atoms with Crippen molar-refractivity contribution in [3.8, 4) is 0 Å². The molecule has 7 heteroatoms. The molecule has 2 rings (SSSR count). The van der Waals surface area contributed by atoms with Crippen LogP contribution in [0.4, 0.5) is 0 Å². The molecule has 0 aliphatic heterocycles. The van der Waals surface area contributed by atoms with Crippen molar-refractivity contribution < 1.29 is 8.42 Å². The van der Waals surface area contributed by atoms with E-state index in [0.717, 1.165) is 12.8 Å². The van der Waals surface area contributed by atoms with E-state index in [9.17, 15) is 13.2 Å². The van der Waals surface area contributed by atoms with Crippen molar-refractivity contribution in [3.63, 3.8) is 0 Å². The molecule has 0 amide bonds. The summed E-state index contributed by atoms with van der Waals surface area (Å²) in [6.07, 6.45) is 5.65. The van der Waals surface area contributed by atoms with Crippen LogP contribution >= 0.6 is 0 Å². The summed E-state index contributed by atoms with van der Waals surface area (Å²) in [5.74, 6) is 0. The van der Waals surface area contributed by atoms with E-state index in [1.807, 2.05) is 0 Å². The second kappa shape index (κ2) is 5.21. The van der Waals surface area contributed by atoms with E-state index in [1.54, 1.807) is 0 Å². The monoisotopic (exact) mass is 271 g/mol. The molecule has 1 aromatic rings. The zero-order chi connectivity index (χ0) is 13.2. The van der Waals surface area contributed by atoms with E-state index >= 15 is 0 Å². The molecule has 1 aliphatic carbocycles. The Bertz CT molecular complexity index is 559. The van der Waals surface area contributed by atoms with Crippen molar-refractivity contribution in [2.45, 2.75) is 42.7 Å². The minimum atomic E-state index is -3.74. The molecular formula is C11H17N3O3S. The Morgan fingerprint density at radius 2 is 1.94 bits per heavy atom. The number of hydrogen-bond acceptors (Lipinski definition) is 4. The van der Waals surface area contributed by atoms with Gasteiger partial charge in [0.25, 0.3) is 0 Å². The molecule has 0 spiro atoms. The van der Waals surface area contributed by atoms with Gasteiger partial charge in [0.2, 0.25) is 15.5 Å². The lowest BCUT2D eigenvalue weighted by Gasteiger charge is -2.26. The Balaban J connectivity index is 2.13. The average molecular weight is 271 g/mol. The van der Waals surface area contributed by atoms with Gasteiger partial charge >= 0.3 is 0 Å². The van der Waals surface area contributed by atoms with Gasteiger partial charge in [-0.05, 0) is 25.7 Å². The van der Waals surface area contributed by atoms with Crippen LogP contribution < -0.4 is 15.9 Å². The minimum absolute atomic E-state index is 0.130. The van der Waals surface area contributed by atoms with E-state index < -0.39 is 15.5 Å². The first-order valence-electron chi connectivity index (χ1n) is 5.94. The molecule has 4 N–H and O–H groups in total. The molecule has 6 nitrogen and oxygen atoms in total. The standard InChI is InChI=1S/C11H17N3O3S/c12-8-1-3-9(4-2-8)14-18(16,17)11-7-13-6-5-10(11)15/h5-9,14H,1-4,12H2,(H,13,15). The highest BCUT2D eigenvalue weighted by Crippen LogP contribution is 2.18. The summed E-state index contributed by atoms with van der Waals surface area (Å²) < 4.78 is 26.7. The lowest BCUT2D eigenvalue weighted by Crippen LogP contribution is -2.41. The number of hydrogen-bond donors (Lipinski definition) is 3. The van der Waals surface area contributed by atoms with Crippen molar-refractivity contribution in [2.24, 2.45) is 5.73 Å². The molecule has 0 atom stereocenters. The quantitative estimate of drug-likeness (QED) is 0.715. The van der Waals surface area contributed by atoms with Gasteiger partial charge in [-0.15, -0.1) is 0 Å². The van der Waals surface area contributed by atoms with Gasteiger partial charge < -0.3 is 10.7 Å². The predicted octanol–water partition coefficient (Wildman–Crippen LogP) is -0.0769. The average Bonchev–Trinajstić information content (AvgIpc) is 2.32. The third-order valence-electron chi connectivity index (χ3n) is 3.17. The fraction of sp³-hybridized carbons (Fsp3) is 0.545. The summed E-state index contributed by atoms with van der Waals surface area (Å²) in [5.41, 5.74) is 5.26. The van der Waals surface area contributed by atoms with Crippen LogP contribution in [0.15, 0.2) is 28.2 Å². The molecule has 1 aromatic heterocycles. The topological polar surface area (TPSA) is 105 Å². The zero-order valence-electron chi connectivity index (χ0n) is 9.93. The molecule has 0 radical (unpaired) electrons. The van der Waals surface area contributed by atoms with Crippen LogP contribution in [0.3, 0.4) is 0 Å². The Labute approximate surface area is 106 Å². The van der Waals surface area contributed by atoms with Gasteiger partial charge in [-0.3, -0.25) is 4.79 Å². The number of nitrogens with one attached hydrogen (secondary N) is 2. The fourth-order valence-electron chi connectivity index (χ4n) is 2.13. The molecule has 1 saturated carbocycles. The number of sulfonamides is 1. The molecule has 100 valence electrons. The number of rotatable bonds is 3. The number of nitrogens with two attached hydrogens (primary N) is 1. The number of aromatic nitrogens is 1. The molecule has 0 bridgehead atoms. The van der Waals surface area contributed by atoms with Gasteiger partial charge in [-0.1, -0.05) is 0 Å². The first-order chi connectivity index (χ1) is 8.49. The van der Waals surface area contributed by atoms with Crippen molar-refractivity contribution in [1.82, 2.24) is 9.71 Å². The summed E-state index contributed by atoms with van der Waals surface area (Å²) in [4.78, 5) is 13.9. The Morgan fingerprint density at radius 3 is 2.56 bits per heavy atom.